The Morgan fingerprint density at radius 3 is 2.36 bits per heavy atom. The molecule has 0 aromatic heterocycles. The van der Waals surface area contributed by atoms with Crippen LogP contribution in [-0.2, 0) is 19.1 Å². The van der Waals surface area contributed by atoms with Gasteiger partial charge in [-0.15, -0.1) is 0 Å². The van der Waals surface area contributed by atoms with Gasteiger partial charge in [0.05, 0.1) is 13.5 Å². The largest absolute Gasteiger partial charge is 0.468 e. The van der Waals surface area contributed by atoms with Gasteiger partial charge in [-0.25, -0.2) is 0 Å². The van der Waals surface area contributed by atoms with Gasteiger partial charge in [-0.3, -0.25) is 14.4 Å². The van der Waals surface area contributed by atoms with E-state index in [1.54, 1.807) is 13.8 Å². The minimum atomic E-state index is -0.757. The van der Waals surface area contributed by atoms with Crippen LogP contribution in [0.4, 0.5) is 0 Å². The molecule has 0 aromatic rings. The van der Waals surface area contributed by atoms with Gasteiger partial charge in [0, 0.05) is 5.92 Å². The van der Waals surface area contributed by atoms with E-state index in [9.17, 15) is 14.4 Å². The average molecular weight is 198 g/mol. The molecular weight excluding hydrogens is 184 g/mol. The molecule has 0 radical (unpaired) electrons. The maximum absolute atomic E-state index is 11.4. The van der Waals surface area contributed by atoms with Crippen molar-refractivity contribution in [2.24, 2.45) is 17.8 Å². The number of Topliss-reactive ketones (excluding diaryl/α,β-unsaturated/α-hetero) is 2. The first-order valence-corrected chi connectivity index (χ1v) is 4.62. The van der Waals surface area contributed by atoms with Crippen molar-refractivity contribution in [2.45, 2.75) is 20.3 Å². The summed E-state index contributed by atoms with van der Waals surface area (Å²) in [7, 11) is 1.25. The fourth-order valence-electron chi connectivity index (χ4n) is 1.79. The summed E-state index contributed by atoms with van der Waals surface area (Å²) in [6, 6.07) is 0. The molecular formula is C10H14O4. The Morgan fingerprint density at radius 2 is 1.86 bits per heavy atom. The Morgan fingerprint density at radius 1 is 1.29 bits per heavy atom. The zero-order valence-corrected chi connectivity index (χ0v) is 8.57. The van der Waals surface area contributed by atoms with Gasteiger partial charge in [0.15, 0.2) is 5.78 Å². The first-order valence-electron chi connectivity index (χ1n) is 4.62. The van der Waals surface area contributed by atoms with Crippen LogP contribution in [0.15, 0.2) is 0 Å². The second-order valence-electron chi connectivity index (χ2n) is 3.76. The Labute approximate surface area is 82.6 Å². The standard InChI is InChI=1S/C10H14O4/c1-5-6(2)9(10(13)14-3)8(12)4-7(5)11/h5-6,9H,4H2,1-3H3. The molecule has 1 rings (SSSR count). The fraction of sp³-hybridized carbons (Fsp3) is 0.700. The Balaban J connectivity index is 2.90. The van der Waals surface area contributed by atoms with E-state index in [1.807, 2.05) is 0 Å². The van der Waals surface area contributed by atoms with Crippen LogP contribution in [0.25, 0.3) is 0 Å². The number of hydrogen-bond donors (Lipinski definition) is 0. The predicted octanol–water partition coefficient (Wildman–Crippen LogP) is 0.590. The van der Waals surface area contributed by atoms with Crippen LogP contribution >= 0.6 is 0 Å². The van der Waals surface area contributed by atoms with Gasteiger partial charge in [0.1, 0.15) is 11.7 Å². The van der Waals surface area contributed by atoms with Gasteiger partial charge in [-0.05, 0) is 5.92 Å². The number of esters is 1. The van der Waals surface area contributed by atoms with Gasteiger partial charge in [0.25, 0.3) is 0 Å². The summed E-state index contributed by atoms with van der Waals surface area (Å²) in [6.45, 7) is 3.48. The lowest BCUT2D eigenvalue weighted by Gasteiger charge is -2.29. The first kappa shape index (κ1) is 10.9. The van der Waals surface area contributed by atoms with Crippen LogP contribution in [0.5, 0.6) is 0 Å². The molecule has 0 heterocycles. The highest BCUT2D eigenvalue weighted by Gasteiger charge is 2.43. The Kier molecular flexibility index (Phi) is 3.03. The maximum Gasteiger partial charge on any atom is 0.316 e. The maximum atomic E-state index is 11.4. The van der Waals surface area contributed by atoms with Crippen molar-refractivity contribution < 1.29 is 19.1 Å². The zero-order valence-electron chi connectivity index (χ0n) is 8.57. The third-order valence-corrected chi connectivity index (χ3v) is 2.97. The summed E-state index contributed by atoms with van der Waals surface area (Å²) < 4.78 is 4.54. The predicted molar refractivity (Wildman–Crippen MR) is 48.5 cm³/mol. The molecule has 1 saturated carbocycles. The normalized spacial score (nSPS) is 32.9. The fourth-order valence-corrected chi connectivity index (χ4v) is 1.79. The lowest BCUT2D eigenvalue weighted by Crippen LogP contribution is -2.42. The molecule has 4 nitrogen and oxygen atoms in total. The van der Waals surface area contributed by atoms with Gasteiger partial charge < -0.3 is 4.74 Å². The summed E-state index contributed by atoms with van der Waals surface area (Å²) in [4.78, 5) is 34.0. The average Bonchev–Trinajstić information content (AvgIpc) is 2.14. The molecule has 0 aromatic carbocycles. The lowest BCUT2D eigenvalue weighted by molar-refractivity contribution is -0.155. The van der Waals surface area contributed by atoms with E-state index >= 15 is 0 Å². The Bertz CT molecular complexity index is 282. The number of rotatable bonds is 1. The second kappa shape index (κ2) is 3.90. The van der Waals surface area contributed by atoms with Gasteiger partial charge >= 0.3 is 5.97 Å². The molecule has 1 aliphatic carbocycles. The minimum Gasteiger partial charge on any atom is -0.468 e. The van der Waals surface area contributed by atoms with Crippen LogP contribution in [0, 0.1) is 17.8 Å². The number of carbonyl (C=O) groups excluding carboxylic acids is 3. The van der Waals surface area contributed by atoms with Crippen molar-refractivity contribution in [3.05, 3.63) is 0 Å². The van der Waals surface area contributed by atoms with Crippen LogP contribution in [-0.4, -0.2) is 24.6 Å². The summed E-state index contributed by atoms with van der Waals surface area (Å²) in [5.74, 6) is -2.17. The number of ether oxygens (including phenoxy) is 1. The van der Waals surface area contributed by atoms with E-state index in [-0.39, 0.29) is 29.8 Å². The summed E-state index contributed by atoms with van der Waals surface area (Å²) in [5.41, 5.74) is 0. The molecule has 78 valence electrons. The molecule has 0 amide bonds. The summed E-state index contributed by atoms with van der Waals surface area (Å²) >= 11 is 0. The zero-order chi connectivity index (χ0) is 10.9. The quantitative estimate of drug-likeness (QED) is 0.457. The molecule has 4 heteroatoms. The smallest absolute Gasteiger partial charge is 0.316 e. The third-order valence-electron chi connectivity index (χ3n) is 2.97. The Hall–Kier alpha value is -1.19. The number of carbonyl (C=O) groups is 3. The van der Waals surface area contributed by atoms with Gasteiger partial charge in [-0.2, -0.15) is 0 Å². The molecule has 0 N–H and O–H groups in total. The number of ketones is 2. The van der Waals surface area contributed by atoms with E-state index in [0.717, 1.165) is 0 Å². The molecule has 0 spiro atoms. The first-order chi connectivity index (χ1) is 6.49. The molecule has 1 fully saturated rings. The number of methoxy groups -OCH3 is 1. The van der Waals surface area contributed by atoms with Crippen LogP contribution in [0.1, 0.15) is 20.3 Å². The monoisotopic (exact) mass is 198 g/mol. The van der Waals surface area contributed by atoms with Crippen LogP contribution in [0.2, 0.25) is 0 Å². The summed E-state index contributed by atoms with van der Waals surface area (Å²) in [5, 5.41) is 0. The lowest BCUT2D eigenvalue weighted by atomic mass is 9.72. The highest BCUT2D eigenvalue weighted by molar-refractivity contribution is 6.11. The van der Waals surface area contributed by atoms with E-state index in [2.05, 4.69) is 4.74 Å². The van der Waals surface area contributed by atoms with Crippen molar-refractivity contribution >= 4 is 17.5 Å². The van der Waals surface area contributed by atoms with Crippen LogP contribution in [0.3, 0.4) is 0 Å². The molecule has 14 heavy (non-hydrogen) atoms. The molecule has 0 bridgehead atoms. The van der Waals surface area contributed by atoms with Crippen molar-refractivity contribution in [1.82, 2.24) is 0 Å². The van der Waals surface area contributed by atoms with Gasteiger partial charge in [0.2, 0.25) is 0 Å². The topological polar surface area (TPSA) is 60.4 Å². The highest BCUT2D eigenvalue weighted by Crippen LogP contribution is 2.30. The highest BCUT2D eigenvalue weighted by atomic mass is 16.5. The van der Waals surface area contributed by atoms with Crippen molar-refractivity contribution in [3.8, 4) is 0 Å². The SMILES string of the molecule is COC(=O)C1C(=O)CC(=O)C(C)C1C. The molecule has 3 atom stereocenters. The van der Waals surface area contributed by atoms with E-state index < -0.39 is 11.9 Å². The van der Waals surface area contributed by atoms with Crippen molar-refractivity contribution in [2.75, 3.05) is 7.11 Å². The van der Waals surface area contributed by atoms with E-state index in [0.29, 0.717) is 0 Å². The van der Waals surface area contributed by atoms with E-state index in [4.69, 9.17) is 0 Å². The van der Waals surface area contributed by atoms with Gasteiger partial charge in [-0.1, -0.05) is 13.8 Å². The third kappa shape index (κ3) is 1.69. The minimum absolute atomic E-state index is 0.0809. The van der Waals surface area contributed by atoms with Crippen molar-refractivity contribution in [1.29, 1.82) is 0 Å². The molecule has 0 saturated heterocycles. The van der Waals surface area contributed by atoms with Crippen molar-refractivity contribution in [3.63, 3.8) is 0 Å². The van der Waals surface area contributed by atoms with E-state index in [1.165, 1.54) is 7.11 Å². The molecule has 0 aliphatic heterocycles. The van der Waals surface area contributed by atoms with Crippen LogP contribution < -0.4 is 0 Å². The second-order valence-corrected chi connectivity index (χ2v) is 3.76. The molecule has 3 unspecified atom stereocenters. The summed E-state index contributed by atoms with van der Waals surface area (Å²) in [6.07, 6.45) is -0.134. The number of hydrogen-bond acceptors (Lipinski definition) is 4. The molecule has 1 aliphatic rings.